The first-order valence-electron chi connectivity index (χ1n) is 15.4. The molecule has 0 aliphatic heterocycles. The smallest absolute Gasteiger partial charge is 0.273 e. The van der Waals surface area contributed by atoms with Gasteiger partial charge >= 0.3 is 0 Å². The van der Waals surface area contributed by atoms with Crippen LogP contribution in [0.2, 0.25) is 0 Å². The molecule has 0 radical (unpaired) electrons. The van der Waals surface area contributed by atoms with Gasteiger partial charge in [0, 0.05) is 66.3 Å². The minimum absolute atomic E-state index is 0.0190. The standard InChI is InChI=1S/C29H52N8O8/c1-6-10-32-26-24(28(40)34-14-12-30-22(38)8-16-44-19-18-42-4)36-27(33-11-7-2)25(37-26)29(41)35-15-13-31-23(39)9-17-45-20-21(3)43-5/h21H,6-20H2,1-5H3,(H,30,38)(H,31,39)(H,32,37)(H,33,36)(H,34,40)(H,35,41). The van der Waals surface area contributed by atoms with E-state index < -0.39 is 11.8 Å². The number of hydrogen-bond acceptors (Lipinski definition) is 12. The monoisotopic (exact) mass is 640 g/mol. The van der Waals surface area contributed by atoms with Crippen molar-refractivity contribution in [3.63, 3.8) is 0 Å². The third-order valence-corrected chi connectivity index (χ3v) is 6.01. The van der Waals surface area contributed by atoms with Crippen LogP contribution in [0.4, 0.5) is 11.6 Å². The van der Waals surface area contributed by atoms with Gasteiger partial charge in [0.2, 0.25) is 11.8 Å². The maximum Gasteiger partial charge on any atom is 0.273 e. The van der Waals surface area contributed by atoms with E-state index in [9.17, 15) is 19.2 Å². The fourth-order valence-corrected chi connectivity index (χ4v) is 3.48. The van der Waals surface area contributed by atoms with E-state index in [4.69, 9.17) is 18.9 Å². The summed E-state index contributed by atoms with van der Waals surface area (Å²) in [5.74, 6) is -1.09. The maximum absolute atomic E-state index is 13.1. The molecule has 0 aromatic carbocycles. The van der Waals surface area contributed by atoms with Gasteiger partial charge in [0.1, 0.15) is 0 Å². The van der Waals surface area contributed by atoms with Crippen LogP contribution in [0, 0.1) is 0 Å². The molecular weight excluding hydrogens is 588 g/mol. The van der Waals surface area contributed by atoms with E-state index in [1.807, 2.05) is 20.8 Å². The van der Waals surface area contributed by atoms with Crippen molar-refractivity contribution in [1.82, 2.24) is 31.2 Å². The lowest BCUT2D eigenvalue weighted by atomic mass is 10.3. The van der Waals surface area contributed by atoms with Crippen LogP contribution in [0.5, 0.6) is 0 Å². The van der Waals surface area contributed by atoms with Gasteiger partial charge in [0.05, 0.1) is 39.1 Å². The number of nitrogens with one attached hydrogen (secondary N) is 6. The second-order valence-electron chi connectivity index (χ2n) is 9.91. The van der Waals surface area contributed by atoms with Gasteiger partial charge in [-0.25, -0.2) is 9.97 Å². The Kier molecular flexibility index (Phi) is 21.6. The Hall–Kier alpha value is -3.60. The summed E-state index contributed by atoms with van der Waals surface area (Å²) in [6.45, 7) is 9.33. The number of aromatic nitrogens is 2. The van der Waals surface area contributed by atoms with Crippen molar-refractivity contribution in [3.05, 3.63) is 11.4 Å². The number of methoxy groups -OCH3 is 2. The number of carbonyl (C=O) groups is 4. The van der Waals surface area contributed by atoms with Crippen molar-refractivity contribution in [1.29, 1.82) is 0 Å². The zero-order valence-corrected chi connectivity index (χ0v) is 27.3. The van der Waals surface area contributed by atoms with Crippen LogP contribution in [0.25, 0.3) is 0 Å². The van der Waals surface area contributed by atoms with Gasteiger partial charge in [-0.15, -0.1) is 0 Å². The molecule has 45 heavy (non-hydrogen) atoms. The van der Waals surface area contributed by atoms with Gasteiger partial charge < -0.3 is 50.8 Å². The Morgan fingerprint density at radius 1 is 0.644 bits per heavy atom. The third-order valence-electron chi connectivity index (χ3n) is 6.01. The van der Waals surface area contributed by atoms with E-state index >= 15 is 0 Å². The molecule has 0 saturated carbocycles. The molecule has 0 saturated heterocycles. The minimum Gasteiger partial charge on any atom is -0.382 e. The minimum atomic E-state index is -0.507. The van der Waals surface area contributed by atoms with Gasteiger partial charge in [-0.05, 0) is 19.8 Å². The average molecular weight is 641 g/mol. The maximum atomic E-state index is 13.1. The predicted molar refractivity (Wildman–Crippen MR) is 169 cm³/mol. The number of ether oxygens (including phenoxy) is 4. The molecule has 256 valence electrons. The molecule has 1 atom stereocenters. The van der Waals surface area contributed by atoms with Crippen molar-refractivity contribution >= 4 is 35.3 Å². The van der Waals surface area contributed by atoms with E-state index in [0.29, 0.717) is 32.9 Å². The Balaban J connectivity index is 2.76. The second-order valence-corrected chi connectivity index (χ2v) is 9.91. The van der Waals surface area contributed by atoms with Gasteiger partial charge in [0.25, 0.3) is 11.8 Å². The van der Waals surface area contributed by atoms with Crippen LogP contribution in [-0.4, -0.2) is 126 Å². The molecule has 0 fully saturated rings. The van der Waals surface area contributed by atoms with Crippen LogP contribution in [0.3, 0.4) is 0 Å². The van der Waals surface area contributed by atoms with E-state index in [1.165, 1.54) is 0 Å². The van der Waals surface area contributed by atoms with Gasteiger partial charge in [0.15, 0.2) is 23.0 Å². The molecule has 0 aliphatic carbocycles. The first-order valence-corrected chi connectivity index (χ1v) is 15.4. The molecule has 1 rings (SSSR count). The predicted octanol–water partition coefficient (Wildman–Crippen LogP) is 0.307. The molecule has 16 nitrogen and oxygen atoms in total. The zero-order valence-electron chi connectivity index (χ0n) is 27.3. The largest absolute Gasteiger partial charge is 0.382 e. The number of carbonyl (C=O) groups excluding carboxylic acids is 4. The molecular formula is C29H52N8O8. The SMILES string of the molecule is CCCNc1nc(C(=O)NCCNC(=O)CCOCC(C)OC)c(NCCC)nc1C(=O)NCCNC(=O)CCOCCOC. The third kappa shape index (κ3) is 17.5. The molecule has 0 bridgehead atoms. The fraction of sp³-hybridized carbons (Fsp3) is 0.724. The summed E-state index contributed by atoms with van der Waals surface area (Å²) < 4.78 is 20.7. The van der Waals surface area contributed by atoms with Gasteiger partial charge in [-0.1, -0.05) is 13.8 Å². The normalized spacial score (nSPS) is 11.4. The van der Waals surface area contributed by atoms with Crippen molar-refractivity contribution in [2.45, 2.75) is 52.6 Å². The lowest BCUT2D eigenvalue weighted by Crippen LogP contribution is -2.37. The lowest BCUT2D eigenvalue weighted by molar-refractivity contribution is -0.123. The van der Waals surface area contributed by atoms with E-state index in [-0.39, 0.29) is 93.2 Å². The topological polar surface area (TPSA) is 203 Å². The number of rotatable bonds is 26. The highest BCUT2D eigenvalue weighted by atomic mass is 16.5. The van der Waals surface area contributed by atoms with Crippen molar-refractivity contribution < 1.29 is 38.1 Å². The number of nitrogens with zero attached hydrogens (tertiary/aromatic N) is 2. The Bertz CT molecular complexity index is 1030. The molecule has 16 heteroatoms. The van der Waals surface area contributed by atoms with Gasteiger partial charge in [-0.2, -0.15) is 0 Å². The zero-order chi connectivity index (χ0) is 33.3. The summed E-state index contributed by atoms with van der Waals surface area (Å²) in [5.41, 5.74) is 0.0384. The highest BCUT2D eigenvalue weighted by Crippen LogP contribution is 2.19. The van der Waals surface area contributed by atoms with Crippen LogP contribution >= 0.6 is 0 Å². The van der Waals surface area contributed by atoms with Gasteiger partial charge in [-0.3, -0.25) is 19.2 Å². The summed E-state index contributed by atoms with van der Waals surface area (Å²) >= 11 is 0. The van der Waals surface area contributed by atoms with Crippen molar-refractivity contribution in [2.75, 3.05) is 97.2 Å². The summed E-state index contributed by atoms with van der Waals surface area (Å²) in [5, 5.41) is 17.1. The van der Waals surface area contributed by atoms with Crippen molar-refractivity contribution in [2.24, 2.45) is 0 Å². The highest BCUT2D eigenvalue weighted by molar-refractivity contribution is 6.01. The van der Waals surface area contributed by atoms with Crippen LogP contribution < -0.4 is 31.9 Å². The Morgan fingerprint density at radius 3 is 1.56 bits per heavy atom. The molecule has 6 N–H and O–H groups in total. The molecule has 0 aliphatic rings. The number of hydrogen-bond donors (Lipinski definition) is 6. The summed E-state index contributed by atoms with van der Waals surface area (Å²) in [6.07, 6.45) is 1.83. The molecule has 1 aromatic rings. The molecule has 1 unspecified atom stereocenters. The van der Waals surface area contributed by atoms with Crippen LogP contribution in [0.15, 0.2) is 0 Å². The van der Waals surface area contributed by atoms with E-state index in [1.54, 1.807) is 14.2 Å². The second kappa shape index (κ2) is 24.7. The number of anilines is 2. The average Bonchev–Trinajstić information content (AvgIpc) is 3.04. The Morgan fingerprint density at radius 2 is 1.11 bits per heavy atom. The quantitative estimate of drug-likeness (QED) is 0.0758. The first-order chi connectivity index (χ1) is 21.8. The highest BCUT2D eigenvalue weighted by Gasteiger charge is 2.23. The summed E-state index contributed by atoms with van der Waals surface area (Å²) in [4.78, 5) is 59.1. The van der Waals surface area contributed by atoms with E-state index in [0.717, 1.165) is 12.8 Å². The summed E-state index contributed by atoms with van der Waals surface area (Å²) in [7, 11) is 3.17. The number of amides is 4. The van der Waals surface area contributed by atoms with E-state index in [2.05, 4.69) is 41.9 Å². The van der Waals surface area contributed by atoms with Crippen LogP contribution in [0.1, 0.15) is 67.4 Å². The molecule has 1 aromatic heterocycles. The van der Waals surface area contributed by atoms with Crippen molar-refractivity contribution in [3.8, 4) is 0 Å². The summed E-state index contributed by atoms with van der Waals surface area (Å²) in [6, 6.07) is 0. The van der Waals surface area contributed by atoms with Crippen LogP contribution in [-0.2, 0) is 28.5 Å². The lowest BCUT2D eigenvalue weighted by Gasteiger charge is -2.16. The first kappa shape index (κ1) is 39.4. The molecule has 0 spiro atoms. The molecule has 1 heterocycles. The molecule has 4 amide bonds. The fourth-order valence-electron chi connectivity index (χ4n) is 3.48. The Labute approximate surface area is 265 Å².